The zero-order valence-corrected chi connectivity index (χ0v) is 13.1. The van der Waals surface area contributed by atoms with Crippen LogP contribution in [0.4, 0.5) is 0 Å². The zero-order valence-electron chi connectivity index (χ0n) is 12.3. The summed E-state index contributed by atoms with van der Waals surface area (Å²) in [6.45, 7) is 0.590. The molecule has 3 aromatic rings. The van der Waals surface area contributed by atoms with Crippen LogP contribution in [0.5, 0.6) is 0 Å². The number of rotatable bonds is 5. The Labute approximate surface area is 132 Å². The number of aliphatic hydroxyl groups excluding tert-OH is 1. The van der Waals surface area contributed by atoms with E-state index in [4.69, 9.17) is 0 Å². The molecule has 0 bridgehead atoms. The molecule has 6 heteroatoms. The first-order valence-corrected chi connectivity index (χ1v) is 7.88. The summed E-state index contributed by atoms with van der Waals surface area (Å²) in [5.74, 6) is 0.505. The lowest BCUT2D eigenvalue weighted by atomic mass is 10.3. The largest absolute Gasteiger partial charge is 0.388 e. The number of carbonyl (C=O) groups is 1. The van der Waals surface area contributed by atoms with E-state index in [1.54, 1.807) is 27.9 Å². The Kier molecular flexibility index (Phi) is 4.22. The Morgan fingerprint density at radius 1 is 1.32 bits per heavy atom. The third kappa shape index (κ3) is 2.88. The van der Waals surface area contributed by atoms with Crippen molar-refractivity contribution in [1.82, 2.24) is 14.5 Å². The molecule has 0 aliphatic rings. The number of likely N-dealkylation sites (N-methyl/N-ethyl adjacent to an activating group) is 1. The number of imidazole rings is 1. The molecule has 0 spiro atoms. The van der Waals surface area contributed by atoms with Crippen molar-refractivity contribution in [2.75, 3.05) is 7.05 Å². The molecule has 114 valence electrons. The van der Waals surface area contributed by atoms with Crippen molar-refractivity contribution >= 4 is 28.3 Å². The van der Waals surface area contributed by atoms with Crippen molar-refractivity contribution in [2.45, 2.75) is 19.7 Å². The normalized spacial score (nSPS) is 11.0. The number of nitrogens with zero attached hydrogens (tertiary/aromatic N) is 3. The molecule has 22 heavy (non-hydrogen) atoms. The number of hydrogen-bond donors (Lipinski definition) is 1. The van der Waals surface area contributed by atoms with Crippen molar-refractivity contribution in [3.63, 3.8) is 0 Å². The van der Waals surface area contributed by atoms with Crippen LogP contribution in [0.2, 0.25) is 0 Å². The summed E-state index contributed by atoms with van der Waals surface area (Å²) in [7, 11) is 1.79. The zero-order chi connectivity index (χ0) is 15.5. The summed E-state index contributed by atoms with van der Waals surface area (Å²) in [4.78, 5) is 19.7. The minimum absolute atomic E-state index is 0.00810. The van der Waals surface area contributed by atoms with E-state index in [2.05, 4.69) is 4.98 Å². The molecule has 5 nitrogen and oxygen atoms in total. The highest BCUT2D eigenvalue weighted by Crippen LogP contribution is 2.17. The van der Waals surface area contributed by atoms with Crippen molar-refractivity contribution in [3.05, 3.63) is 52.5 Å². The van der Waals surface area contributed by atoms with Crippen LogP contribution in [0, 0.1) is 0 Å². The fraction of sp³-hybridized carbons (Fsp3) is 0.250. The fourth-order valence-corrected chi connectivity index (χ4v) is 3.16. The predicted octanol–water partition coefficient (Wildman–Crippen LogP) is 2.25. The molecule has 1 N–H and O–H groups in total. The number of benzene rings is 1. The smallest absolute Gasteiger partial charge is 0.242 e. The number of para-hydroxylation sites is 2. The summed E-state index contributed by atoms with van der Waals surface area (Å²) in [6, 6.07) is 11.6. The molecule has 0 unspecified atom stereocenters. The molecule has 3 rings (SSSR count). The lowest BCUT2D eigenvalue weighted by Crippen LogP contribution is -2.30. The van der Waals surface area contributed by atoms with Crippen LogP contribution in [0.1, 0.15) is 10.7 Å². The van der Waals surface area contributed by atoms with Gasteiger partial charge in [0.2, 0.25) is 5.91 Å². The standard InChI is InChI=1S/C16H17N3O2S/c1-18(9-12-5-4-8-22-12)16(21)10-19-14-7-3-2-6-13(14)17-15(19)11-20/h2-8,20H,9-11H2,1H3. The van der Waals surface area contributed by atoms with E-state index in [0.717, 1.165) is 15.9 Å². The lowest BCUT2D eigenvalue weighted by molar-refractivity contribution is -0.131. The van der Waals surface area contributed by atoms with Crippen LogP contribution < -0.4 is 0 Å². The first kappa shape index (κ1) is 14.7. The molecule has 0 aliphatic carbocycles. The molecule has 1 aromatic carbocycles. The first-order valence-electron chi connectivity index (χ1n) is 7.00. The summed E-state index contributed by atoms with van der Waals surface area (Å²) >= 11 is 1.63. The van der Waals surface area contributed by atoms with Crippen LogP contribution in [0.15, 0.2) is 41.8 Å². The number of hydrogen-bond acceptors (Lipinski definition) is 4. The Balaban J connectivity index is 1.81. The molecule has 0 atom stereocenters. The van der Waals surface area contributed by atoms with Gasteiger partial charge in [0.25, 0.3) is 0 Å². The van der Waals surface area contributed by atoms with Crippen LogP contribution in [-0.2, 0) is 24.5 Å². The van der Waals surface area contributed by atoms with Crippen molar-refractivity contribution in [3.8, 4) is 0 Å². The Morgan fingerprint density at radius 3 is 2.86 bits per heavy atom. The van der Waals surface area contributed by atoms with Gasteiger partial charge in [-0.15, -0.1) is 11.3 Å². The quantitative estimate of drug-likeness (QED) is 0.785. The highest BCUT2D eigenvalue weighted by atomic mass is 32.1. The van der Waals surface area contributed by atoms with Crippen LogP contribution >= 0.6 is 11.3 Å². The Morgan fingerprint density at radius 2 is 2.14 bits per heavy atom. The molecule has 1 amide bonds. The highest BCUT2D eigenvalue weighted by Gasteiger charge is 2.16. The molecule has 0 fully saturated rings. The maximum atomic E-state index is 12.4. The molecule has 0 radical (unpaired) electrons. The first-order chi connectivity index (χ1) is 10.7. The maximum Gasteiger partial charge on any atom is 0.242 e. The van der Waals surface area contributed by atoms with E-state index in [1.807, 2.05) is 41.8 Å². The average Bonchev–Trinajstić information content (AvgIpc) is 3.15. The van der Waals surface area contributed by atoms with Gasteiger partial charge < -0.3 is 14.6 Å². The van der Waals surface area contributed by atoms with Gasteiger partial charge in [0, 0.05) is 11.9 Å². The number of aromatic nitrogens is 2. The number of aliphatic hydroxyl groups is 1. The third-order valence-electron chi connectivity index (χ3n) is 3.57. The predicted molar refractivity (Wildman–Crippen MR) is 86.4 cm³/mol. The Bertz CT molecular complexity index is 780. The van der Waals surface area contributed by atoms with E-state index in [9.17, 15) is 9.90 Å². The van der Waals surface area contributed by atoms with E-state index < -0.39 is 0 Å². The minimum atomic E-state index is -0.184. The van der Waals surface area contributed by atoms with Gasteiger partial charge >= 0.3 is 0 Å². The minimum Gasteiger partial charge on any atom is -0.388 e. The molecule has 0 aliphatic heterocycles. The van der Waals surface area contributed by atoms with Crippen LogP contribution in [0.25, 0.3) is 11.0 Å². The number of carbonyl (C=O) groups excluding carboxylic acids is 1. The molecular weight excluding hydrogens is 298 g/mol. The fourth-order valence-electron chi connectivity index (χ4n) is 2.40. The summed E-state index contributed by atoms with van der Waals surface area (Å²) in [6.07, 6.45) is 0. The second-order valence-corrected chi connectivity index (χ2v) is 6.12. The second kappa shape index (κ2) is 6.29. The van der Waals surface area contributed by atoms with Gasteiger partial charge in [-0.05, 0) is 23.6 Å². The van der Waals surface area contributed by atoms with Crippen molar-refractivity contribution in [2.24, 2.45) is 0 Å². The van der Waals surface area contributed by atoms with Gasteiger partial charge in [-0.3, -0.25) is 4.79 Å². The van der Waals surface area contributed by atoms with E-state index in [-0.39, 0.29) is 19.1 Å². The molecule has 2 heterocycles. The number of fused-ring (bicyclic) bond motifs is 1. The molecule has 0 saturated carbocycles. The molecule has 0 saturated heterocycles. The lowest BCUT2D eigenvalue weighted by Gasteiger charge is -2.17. The van der Waals surface area contributed by atoms with Crippen LogP contribution in [-0.4, -0.2) is 32.5 Å². The van der Waals surface area contributed by atoms with E-state index >= 15 is 0 Å². The summed E-state index contributed by atoms with van der Waals surface area (Å²) < 4.78 is 1.78. The van der Waals surface area contributed by atoms with Gasteiger partial charge in [0.1, 0.15) is 19.0 Å². The topological polar surface area (TPSA) is 58.4 Å². The van der Waals surface area contributed by atoms with Gasteiger partial charge in [-0.25, -0.2) is 4.98 Å². The van der Waals surface area contributed by atoms with Gasteiger partial charge in [-0.2, -0.15) is 0 Å². The molecular formula is C16H17N3O2S. The summed E-state index contributed by atoms with van der Waals surface area (Å²) in [5, 5.41) is 11.5. The monoisotopic (exact) mass is 315 g/mol. The van der Waals surface area contributed by atoms with Gasteiger partial charge in [-0.1, -0.05) is 18.2 Å². The Hall–Kier alpha value is -2.18. The van der Waals surface area contributed by atoms with Crippen LogP contribution in [0.3, 0.4) is 0 Å². The number of thiophene rings is 1. The van der Waals surface area contributed by atoms with Gasteiger partial charge in [0.05, 0.1) is 17.6 Å². The van der Waals surface area contributed by atoms with E-state index in [1.165, 1.54) is 0 Å². The maximum absolute atomic E-state index is 12.4. The SMILES string of the molecule is CN(Cc1cccs1)C(=O)Cn1c(CO)nc2ccccc21. The second-order valence-electron chi connectivity index (χ2n) is 5.09. The highest BCUT2D eigenvalue weighted by molar-refractivity contribution is 7.09. The third-order valence-corrected chi connectivity index (χ3v) is 4.43. The van der Waals surface area contributed by atoms with Crippen molar-refractivity contribution in [1.29, 1.82) is 0 Å². The van der Waals surface area contributed by atoms with E-state index in [0.29, 0.717) is 12.4 Å². The average molecular weight is 315 g/mol. The van der Waals surface area contributed by atoms with Crippen molar-refractivity contribution < 1.29 is 9.90 Å². The number of amides is 1. The summed E-state index contributed by atoms with van der Waals surface area (Å²) in [5.41, 5.74) is 1.66. The molecule has 2 aromatic heterocycles. The van der Waals surface area contributed by atoms with Gasteiger partial charge in [0.15, 0.2) is 0 Å².